The maximum Gasteiger partial charge on any atom is 0.252 e. The maximum atomic E-state index is 13.0. The third-order valence-electron chi connectivity index (χ3n) is 4.32. The van der Waals surface area contributed by atoms with Gasteiger partial charge in [-0.15, -0.1) is 12.4 Å². The summed E-state index contributed by atoms with van der Waals surface area (Å²) in [6.07, 6.45) is 8.58. The van der Waals surface area contributed by atoms with Crippen molar-refractivity contribution in [3.8, 4) is 0 Å². The van der Waals surface area contributed by atoms with Gasteiger partial charge < -0.3 is 10.6 Å². The summed E-state index contributed by atoms with van der Waals surface area (Å²) in [6.45, 7) is 7.82. The summed E-state index contributed by atoms with van der Waals surface area (Å²) in [6, 6.07) is 1.86. The van der Waals surface area contributed by atoms with Crippen molar-refractivity contribution in [2.45, 2.75) is 44.7 Å². The summed E-state index contributed by atoms with van der Waals surface area (Å²) < 4.78 is 3.64. The molecule has 24 heavy (non-hydrogen) atoms. The zero-order valence-corrected chi connectivity index (χ0v) is 15.1. The van der Waals surface area contributed by atoms with Crippen molar-refractivity contribution in [2.24, 2.45) is 0 Å². The van der Waals surface area contributed by atoms with Crippen molar-refractivity contribution >= 4 is 24.0 Å². The lowest BCUT2D eigenvalue weighted by atomic mass is 9.87. The highest BCUT2D eigenvalue weighted by Gasteiger charge is 2.42. The van der Waals surface area contributed by atoms with E-state index in [4.69, 9.17) is 0 Å². The quantitative estimate of drug-likeness (QED) is 0.885. The number of piperidine rings is 1. The van der Waals surface area contributed by atoms with Crippen LogP contribution in [0.2, 0.25) is 0 Å². The number of rotatable bonds is 3. The molecule has 1 aliphatic rings. The molecule has 1 fully saturated rings. The van der Waals surface area contributed by atoms with Gasteiger partial charge in [0.25, 0.3) is 5.91 Å². The van der Waals surface area contributed by atoms with Gasteiger partial charge in [0.2, 0.25) is 0 Å². The van der Waals surface area contributed by atoms with Crippen molar-refractivity contribution < 1.29 is 4.79 Å². The first-order valence-corrected chi connectivity index (χ1v) is 7.99. The predicted octanol–water partition coefficient (Wildman–Crippen LogP) is 1.97. The molecule has 0 bridgehead atoms. The topological polar surface area (TPSA) is 76.8 Å². The van der Waals surface area contributed by atoms with Crippen LogP contribution in [0.3, 0.4) is 0 Å². The van der Waals surface area contributed by atoms with Crippen LogP contribution in [0.4, 0.5) is 5.69 Å². The van der Waals surface area contributed by atoms with E-state index in [2.05, 4.69) is 41.6 Å². The first-order valence-electron chi connectivity index (χ1n) is 7.99. The highest BCUT2D eigenvalue weighted by atomic mass is 35.5. The minimum absolute atomic E-state index is 0. The van der Waals surface area contributed by atoms with Gasteiger partial charge in [-0.1, -0.05) is 0 Å². The highest BCUT2D eigenvalue weighted by Crippen LogP contribution is 2.29. The second-order valence-electron chi connectivity index (χ2n) is 7.03. The second kappa shape index (κ2) is 6.94. The SMILES string of the molecule is CC(C)(C)n1cc(NC(=O)C2(n3cccn3)CCNCC2)cn1.Cl. The van der Waals surface area contributed by atoms with E-state index in [9.17, 15) is 4.79 Å². The fourth-order valence-corrected chi connectivity index (χ4v) is 2.92. The molecule has 1 saturated heterocycles. The minimum atomic E-state index is -0.640. The van der Waals surface area contributed by atoms with Crippen LogP contribution in [0, 0.1) is 0 Å². The van der Waals surface area contributed by atoms with Gasteiger partial charge >= 0.3 is 0 Å². The first kappa shape index (κ1) is 18.5. The molecule has 3 rings (SSSR count). The van der Waals surface area contributed by atoms with Crippen molar-refractivity contribution in [2.75, 3.05) is 18.4 Å². The Morgan fingerprint density at radius 2 is 2.00 bits per heavy atom. The Kier molecular flexibility index (Phi) is 5.35. The van der Waals surface area contributed by atoms with E-state index in [0.29, 0.717) is 12.8 Å². The van der Waals surface area contributed by atoms with Gasteiger partial charge in [-0.3, -0.25) is 14.2 Å². The number of amides is 1. The van der Waals surface area contributed by atoms with E-state index in [-0.39, 0.29) is 23.9 Å². The molecule has 0 radical (unpaired) electrons. The molecule has 1 amide bonds. The van der Waals surface area contributed by atoms with E-state index in [0.717, 1.165) is 18.8 Å². The number of hydrogen-bond donors (Lipinski definition) is 2. The maximum absolute atomic E-state index is 13.0. The van der Waals surface area contributed by atoms with Crippen molar-refractivity contribution in [1.82, 2.24) is 24.9 Å². The van der Waals surface area contributed by atoms with Crippen molar-refractivity contribution in [3.63, 3.8) is 0 Å². The largest absolute Gasteiger partial charge is 0.321 e. The van der Waals surface area contributed by atoms with Gasteiger partial charge in [0, 0.05) is 18.6 Å². The molecule has 0 saturated carbocycles. The van der Waals surface area contributed by atoms with E-state index in [1.807, 2.05) is 23.1 Å². The lowest BCUT2D eigenvalue weighted by molar-refractivity contribution is -0.126. The lowest BCUT2D eigenvalue weighted by Gasteiger charge is -2.36. The third-order valence-corrected chi connectivity index (χ3v) is 4.32. The molecule has 1 aliphatic heterocycles. The molecule has 2 aromatic heterocycles. The van der Waals surface area contributed by atoms with Gasteiger partial charge in [0.05, 0.1) is 17.4 Å². The Bertz CT molecular complexity index is 667. The average Bonchev–Trinajstić information content (AvgIpc) is 3.19. The van der Waals surface area contributed by atoms with Crippen LogP contribution in [0.1, 0.15) is 33.6 Å². The summed E-state index contributed by atoms with van der Waals surface area (Å²) in [5, 5.41) is 15.0. The Balaban J connectivity index is 0.00000208. The van der Waals surface area contributed by atoms with Crippen LogP contribution in [-0.2, 0) is 15.9 Å². The number of halogens is 1. The van der Waals surface area contributed by atoms with Crippen LogP contribution in [-0.4, -0.2) is 38.6 Å². The van der Waals surface area contributed by atoms with E-state index in [1.54, 1.807) is 17.1 Å². The molecule has 0 unspecified atom stereocenters. The summed E-state index contributed by atoms with van der Waals surface area (Å²) in [4.78, 5) is 13.0. The standard InChI is InChI=1S/C16H24N6O.ClH/c1-15(2,3)22-12-13(11-19-22)20-14(23)16(5-8-17-9-6-16)21-10-4-7-18-21;/h4,7,10-12,17H,5-6,8-9H2,1-3H3,(H,20,23);1H. The predicted molar refractivity (Wildman–Crippen MR) is 95.4 cm³/mol. The number of anilines is 1. The molecule has 2 N–H and O–H groups in total. The van der Waals surface area contributed by atoms with E-state index in [1.165, 1.54) is 0 Å². The number of nitrogens with zero attached hydrogens (tertiary/aromatic N) is 4. The molecule has 0 spiro atoms. The zero-order valence-electron chi connectivity index (χ0n) is 14.3. The third kappa shape index (κ3) is 3.47. The van der Waals surface area contributed by atoms with Crippen molar-refractivity contribution in [1.29, 1.82) is 0 Å². The Hall–Kier alpha value is -1.86. The van der Waals surface area contributed by atoms with Crippen LogP contribution < -0.4 is 10.6 Å². The van der Waals surface area contributed by atoms with Gasteiger partial charge in [0.15, 0.2) is 0 Å². The summed E-state index contributed by atoms with van der Waals surface area (Å²) in [5.74, 6) is -0.0313. The molecule has 3 heterocycles. The van der Waals surface area contributed by atoms with Gasteiger partial charge in [0.1, 0.15) is 5.54 Å². The molecule has 0 aliphatic carbocycles. The van der Waals surface area contributed by atoms with Crippen molar-refractivity contribution in [3.05, 3.63) is 30.9 Å². The Morgan fingerprint density at radius 1 is 1.29 bits per heavy atom. The van der Waals surface area contributed by atoms with Crippen LogP contribution in [0.15, 0.2) is 30.9 Å². The Morgan fingerprint density at radius 3 is 2.54 bits per heavy atom. The van der Waals surface area contributed by atoms with Crippen LogP contribution in [0.25, 0.3) is 0 Å². The lowest BCUT2D eigenvalue weighted by Crippen LogP contribution is -2.52. The molecule has 2 aromatic rings. The fraction of sp³-hybridized carbons (Fsp3) is 0.562. The fourth-order valence-electron chi connectivity index (χ4n) is 2.92. The smallest absolute Gasteiger partial charge is 0.252 e. The minimum Gasteiger partial charge on any atom is -0.321 e. The number of hydrogen-bond acceptors (Lipinski definition) is 4. The molecular weight excluding hydrogens is 328 g/mol. The number of aromatic nitrogens is 4. The summed E-state index contributed by atoms with van der Waals surface area (Å²) in [7, 11) is 0. The van der Waals surface area contributed by atoms with Gasteiger partial charge in [-0.05, 0) is 52.8 Å². The number of carbonyl (C=O) groups is 1. The van der Waals surface area contributed by atoms with E-state index >= 15 is 0 Å². The number of nitrogens with one attached hydrogen (secondary N) is 2. The highest BCUT2D eigenvalue weighted by molar-refractivity contribution is 5.96. The normalized spacial score (nSPS) is 17.1. The van der Waals surface area contributed by atoms with Gasteiger partial charge in [-0.2, -0.15) is 10.2 Å². The Labute approximate surface area is 148 Å². The van der Waals surface area contributed by atoms with E-state index < -0.39 is 5.54 Å². The molecule has 0 aromatic carbocycles. The molecule has 7 nitrogen and oxygen atoms in total. The summed E-state index contributed by atoms with van der Waals surface area (Å²) >= 11 is 0. The monoisotopic (exact) mass is 352 g/mol. The van der Waals surface area contributed by atoms with Gasteiger partial charge in [-0.25, -0.2) is 0 Å². The zero-order chi connectivity index (χ0) is 16.5. The first-order chi connectivity index (χ1) is 10.9. The molecule has 0 atom stereocenters. The second-order valence-corrected chi connectivity index (χ2v) is 7.03. The summed E-state index contributed by atoms with van der Waals surface area (Å²) in [5.41, 5.74) is -0.0364. The van der Waals surface area contributed by atoms with Crippen LogP contribution in [0.5, 0.6) is 0 Å². The van der Waals surface area contributed by atoms with Crippen LogP contribution >= 0.6 is 12.4 Å². The molecular formula is C16H25ClN6O. The molecule has 132 valence electrons. The number of carbonyl (C=O) groups excluding carboxylic acids is 1. The molecule has 8 heteroatoms. The average molecular weight is 353 g/mol.